The second-order valence-electron chi connectivity index (χ2n) is 8.12. The number of halogens is 1. The molecule has 1 saturated heterocycles. The van der Waals surface area contributed by atoms with E-state index in [9.17, 15) is 9.59 Å². The molecular formula is C26H36BrNO5S2. The van der Waals surface area contributed by atoms with Crippen molar-refractivity contribution in [2.45, 2.75) is 72.1 Å². The second kappa shape index (κ2) is 16.2. The molecule has 0 bridgehead atoms. The van der Waals surface area contributed by atoms with Crippen LogP contribution in [-0.2, 0) is 14.3 Å². The number of ether oxygens (including phenoxy) is 3. The summed E-state index contributed by atoms with van der Waals surface area (Å²) < 4.78 is 18.1. The molecule has 0 aliphatic carbocycles. The third-order valence-corrected chi connectivity index (χ3v) is 7.28. The summed E-state index contributed by atoms with van der Waals surface area (Å²) >= 11 is 10.4. The molecule has 0 atom stereocenters. The normalized spacial score (nSPS) is 14.6. The van der Waals surface area contributed by atoms with Crippen LogP contribution in [0.2, 0.25) is 0 Å². The average molecular weight is 587 g/mol. The maximum absolute atomic E-state index is 13.0. The summed E-state index contributed by atoms with van der Waals surface area (Å²) in [5.41, 5.74) is 0.841. The number of nitrogens with zero attached hydrogens (tertiary/aromatic N) is 1. The summed E-state index contributed by atoms with van der Waals surface area (Å²) in [6.07, 6.45) is 9.13. The van der Waals surface area contributed by atoms with Gasteiger partial charge in [0.25, 0.3) is 5.91 Å². The van der Waals surface area contributed by atoms with E-state index in [4.69, 9.17) is 26.4 Å². The number of carbonyl (C=O) groups is 2. The van der Waals surface area contributed by atoms with Gasteiger partial charge in [0.05, 0.1) is 29.2 Å². The summed E-state index contributed by atoms with van der Waals surface area (Å²) in [5.74, 6) is 1.08. The lowest BCUT2D eigenvalue weighted by Gasteiger charge is -2.15. The number of esters is 1. The molecule has 0 saturated carbocycles. The van der Waals surface area contributed by atoms with Gasteiger partial charge in [-0.1, -0.05) is 56.6 Å². The zero-order valence-corrected chi connectivity index (χ0v) is 24.1. The van der Waals surface area contributed by atoms with Crippen LogP contribution < -0.4 is 9.47 Å². The van der Waals surface area contributed by atoms with Crippen molar-refractivity contribution in [3.63, 3.8) is 0 Å². The van der Waals surface area contributed by atoms with Gasteiger partial charge in [-0.2, -0.15) is 0 Å². The minimum Gasteiger partial charge on any atom is -0.490 e. The van der Waals surface area contributed by atoms with E-state index in [2.05, 4.69) is 22.9 Å². The molecule has 1 amide bonds. The van der Waals surface area contributed by atoms with Crippen LogP contribution >= 0.6 is 39.9 Å². The maximum Gasteiger partial charge on any atom is 0.305 e. The Hall–Kier alpha value is -1.58. The Balaban J connectivity index is 2.00. The van der Waals surface area contributed by atoms with Crippen molar-refractivity contribution in [2.24, 2.45) is 0 Å². The van der Waals surface area contributed by atoms with Gasteiger partial charge in [-0.15, -0.1) is 0 Å². The molecule has 0 unspecified atom stereocenters. The van der Waals surface area contributed by atoms with Crippen LogP contribution in [-0.4, -0.2) is 47.5 Å². The number of thioether (sulfide) groups is 1. The molecule has 2 rings (SSSR count). The number of rotatable bonds is 16. The van der Waals surface area contributed by atoms with Crippen molar-refractivity contribution in [1.29, 1.82) is 0 Å². The van der Waals surface area contributed by atoms with Crippen molar-refractivity contribution in [2.75, 3.05) is 26.4 Å². The van der Waals surface area contributed by atoms with Crippen molar-refractivity contribution in [3.8, 4) is 11.5 Å². The molecule has 1 heterocycles. The highest BCUT2D eigenvalue weighted by Crippen LogP contribution is 2.39. The predicted octanol–water partition coefficient (Wildman–Crippen LogP) is 7.13. The van der Waals surface area contributed by atoms with E-state index in [1.807, 2.05) is 25.1 Å². The SMILES string of the molecule is CCCCCCOc1c(Br)cc(/C=C2\SC(=S)N(CCCCCC(=O)OCC)C2=O)cc1OCC. The van der Waals surface area contributed by atoms with Gasteiger partial charge in [0.2, 0.25) is 0 Å². The quantitative estimate of drug-likeness (QED) is 0.0884. The summed E-state index contributed by atoms with van der Waals surface area (Å²) in [6.45, 7) is 8.02. The van der Waals surface area contributed by atoms with Crippen molar-refractivity contribution >= 4 is 62.2 Å². The highest BCUT2D eigenvalue weighted by atomic mass is 79.9. The van der Waals surface area contributed by atoms with E-state index >= 15 is 0 Å². The summed E-state index contributed by atoms with van der Waals surface area (Å²) in [6, 6.07) is 3.84. The summed E-state index contributed by atoms with van der Waals surface area (Å²) in [7, 11) is 0. The van der Waals surface area contributed by atoms with Gasteiger partial charge in [-0.25, -0.2) is 0 Å². The van der Waals surface area contributed by atoms with Gasteiger partial charge in [0, 0.05) is 13.0 Å². The van der Waals surface area contributed by atoms with Crippen molar-refractivity contribution in [3.05, 3.63) is 27.1 Å². The van der Waals surface area contributed by atoms with E-state index in [1.165, 1.54) is 24.6 Å². The smallest absolute Gasteiger partial charge is 0.305 e. The minimum absolute atomic E-state index is 0.0873. The fraction of sp³-hybridized carbons (Fsp3) is 0.577. The molecular weight excluding hydrogens is 550 g/mol. The second-order valence-corrected chi connectivity index (χ2v) is 10.7. The first kappa shape index (κ1) is 29.6. The van der Waals surface area contributed by atoms with Crippen LogP contribution in [0.15, 0.2) is 21.5 Å². The molecule has 0 spiro atoms. The highest BCUT2D eigenvalue weighted by molar-refractivity contribution is 9.10. The lowest BCUT2D eigenvalue weighted by atomic mass is 10.1. The lowest BCUT2D eigenvalue weighted by molar-refractivity contribution is -0.143. The highest BCUT2D eigenvalue weighted by Gasteiger charge is 2.31. The fourth-order valence-electron chi connectivity index (χ4n) is 3.57. The van der Waals surface area contributed by atoms with Crippen LogP contribution in [0, 0.1) is 0 Å². The zero-order chi connectivity index (χ0) is 25.6. The van der Waals surface area contributed by atoms with Gasteiger partial charge >= 0.3 is 5.97 Å². The van der Waals surface area contributed by atoms with E-state index in [-0.39, 0.29) is 11.9 Å². The van der Waals surface area contributed by atoms with Gasteiger partial charge < -0.3 is 14.2 Å². The largest absolute Gasteiger partial charge is 0.490 e. The van der Waals surface area contributed by atoms with Crippen LogP contribution in [0.5, 0.6) is 11.5 Å². The summed E-state index contributed by atoms with van der Waals surface area (Å²) in [4.78, 5) is 26.6. The van der Waals surface area contributed by atoms with Gasteiger partial charge in [0.1, 0.15) is 4.32 Å². The molecule has 35 heavy (non-hydrogen) atoms. The lowest BCUT2D eigenvalue weighted by Crippen LogP contribution is -2.29. The number of benzene rings is 1. The minimum atomic E-state index is -0.175. The van der Waals surface area contributed by atoms with Crippen LogP contribution in [0.1, 0.15) is 77.7 Å². The average Bonchev–Trinajstić information content (AvgIpc) is 3.07. The first-order valence-electron chi connectivity index (χ1n) is 12.4. The topological polar surface area (TPSA) is 65.1 Å². The monoisotopic (exact) mass is 585 g/mol. The fourth-order valence-corrected chi connectivity index (χ4v) is 5.45. The third kappa shape index (κ3) is 9.77. The molecule has 1 aliphatic heterocycles. The van der Waals surface area contributed by atoms with Crippen LogP contribution in [0.25, 0.3) is 6.08 Å². The molecule has 1 aromatic carbocycles. The zero-order valence-electron chi connectivity index (χ0n) is 20.9. The van der Waals surface area contributed by atoms with E-state index in [1.54, 1.807) is 11.8 Å². The Morgan fingerprint density at radius 1 is 1.06 bits per heavy atom. The Morgan fingerprint density at radius 3 is 2.54 bits per heavy atom. The van der Waals surface area contributed by atoms with E-state index in [0.717, 1.165) is 42.1 Å². The van der Waals surface area contributed by atoms with Crippen molar-refractivity contribution in [1.82, 2.24) is 4.90 Å². The Labute approximate surface area is 227 Å². The van der Waals surface area contributed by atoms with Gasteiger partial charge in [-0.3, -0.25) is 14.5 Å². The molecule has 6 nitrogen and oxygen atoms in total. The molecule has 1 aliphatic rings. The van der Waals surface area contributed by atoms with E-state index in [0.29, 0.717) is 53.5 Å². The number of carbonyl (C=O) groups excluding carboxylic acids is 2. The Kier molecular flexibility index (Phi) is 13.7. The maximum atomic E-state index is 13.0. The first-order valence-corrected chi connectivity index (χ1v) is 14.4. The number of hydrogen-bond acceptors (Lipinski definition) is 7. The standard InChI is InChI=1S/C26H36BrNO5S2/c1-4-7-8-12-15-33-24-20(27)16-19(17-21(24)31-5-2)18-22-25(30)28(26(34)35-22)14-11-9-10-13-23(29)32-6-3/h16-18H,4-15H2,1-3H3/b22-18-. The Morgan fingerprint density at radius 2 is 1.83 bits per heavy atom. The van der Waals surface area contributed by atoms with Gasteiger partial charge in [0.15, 0.2) is 11.5 Å². The third-order valence-electron chi connectivity index (χ3n) is 5.32. The Bertz CT molecular complexity index is 906. The molecule has 1 fully saturated rings. The first-order chi connectivity index (χ1) is 16.9. The molecule has 0 radical (unpaired) electrons. The van der Waals surface area contributed by atoms with Crippen LogP contribution in [0.3, 0.4) is 0 Å². The molecule has 0 N–H and O–H groups in total. The predicted molar refractivity (Wildman–Crippen MR) is 150 cm³/mol. The number of unbranched alkanes of at least 4 members (excludes halogenated alkanes) is 5. The molecule has 9 heteroatoms. The van der Waals surface area contributed by atoms with E-state index < -0.39 is 0 Å². The number of thiocarbonyl (C=S) groups is 1. The molecule has 0 aromatic heterocycles. The molecule has 194 valence electrons. The van der Waals surface area contributed by atoms with Gasteiger partial charge in [-0.05, 0) is 72.8 Å². The van der Waals surface area contributed by atoms with Crippen LogP contribution in [0.4, 0.5) is 0 Å². The van der Waals surface area contributed by atoms with Crippen molar-refractivity contribution < 1.29 is 23.8 Å². The number of amides is 1. The molecule has 1 aromatic rings. The number of hydrogen-bond donors (Lipinski definition) is 0. The summed E-state index contributed by atoms with van der Waals surface area (Å²) in [5, 5.41) is 0.